The first kappa shape index (κ1) is 20.0. The zero-order chi connectivity index (χ0) is 21.0. The van der Waals surface area contributed by atoms with Crippen molar-refractivity contribution in [1.82, 2.24) is 19.5 Å². The molecule has 1 amide bonds. The third kappa shape index (κ3) is 3.78. The highest BCUT2D eigenvalue weighted by Gasteiger charge is 2.55. The second-order valence-electron chi connectivity index (χ2n) is 8.54. The SMILES string of the molecule is CC(C)(C)OC(=O)Nc1ncnc2c1ncn2C1OC(CN)[C@@H]2OC(C)(C)O[C@H]12. The van der Waals surface area contributed by atoms with E-state index in [4.69, 9.17) is 24.7 Å². The molecule has 158 valence electrons. The molecule has 11 nitrogen and oxygen atoms in total. The van der Waals surface area contributed by atoms with Gasteiger partial charge in [0.1, 0.15) is 30.2 Å². The molecule has 2 aromatic heterocycles. The van der Waals surface area contributed by atoms with Crippen molar-refractivity contribution >= 4 is 23.1 Å². The lowest BCUT2D eigenvalue weighted by Gasteiger charge is -2.24. The number of imidazole rings is 1. The fourth-order valence-corrected chi connectivity index (χ4v) is 3.60. The standard InChI is InChI=1S/C18H26N6O5/c1-17(2,3)29-16(25)23-13-10-14(21-7-20-13)24(8-22-10)15-12-11(9(6-19)26-15)27-18(4,5)28-12/h7-9,11-12,15H,6,19H2,1-5H3,(H,20,21,23,25)/t9?,11-,12-,15?/m0/s1. The van der Waals surface area contributed by atoms with Gasteiger partial charge in [-0.05, 0) is 34.6 Å². The van der Waals surface area contributed by atoms with Crippen LogP contribution in [0.4, 0.5) is 10.6 Å². The van der Waals surface area contributed by atoms with Gasteiger partial charge in [0.2, 0.25) is 0 Å². The Labute approximate surface area is 167 Å². The molecule has 0 spiro atoms. The zero-order valence-electron chi connectivity index (χ0n) is 17.1. The molecule has 0 aromatic carbocycles. The van der Waals surface area contributed by atoms with Gasteiger partial charge in [-0.25, -0.2) is 19.7 Å². The number of nitrogens with two attached hydrogens (primary N) is 1. The molecule has 29 heavy (non-hydrogen) atoms. The Morgan fingerprint density at radius 2 is 2.00 bits per heavy atom. The number of nitrogens with zero attached hydrogens (tertiary/aromatic N) is 4. The summed E-state index contributed by atoms with van der Waals surface area (Å²) in [6, 6.07) is 0. The van der Waals surface area contributed by atoms with Gasteiger partial charge in [0.25, 0.3) is 0 Å². The highest BCUT2D eigenvalue weighted by molar-refractivity contribution is 5.93. The van der Waals surface area contributed by atoms with E-state index in [2.05, 4.69) is 20.3 Å². The van der Waals surface area contributed by atoms with E-state index in [0.29, 0.717) is 17.7 Å². The normalized spacial score (nSPS) is 28.5. The van der Waals surface area contributed by atoms with Crippen molar-refractivity contribution in [3.05, 3.63) is 12.7 Å². The van der Waals surface area contributed by atoms with Crippen LogP contribution in [0, 0.1) is 0 Å². The van der Waals surface area contributed by atoms with Gasteiger partial charge < -0.3 is 24.7 Å². The average Bonchev–Trinajstić information content (AvgIpc) is 3.24. The summed E-state index contributed by atoms with van der Waals surface area (Å²) in [5.74, 6) is -0.489. The third-order valence-corrected chi connectivity index (χ3v) is 4.61. The first-order chi connectivity index (χ1) is 13.6. The fraction of sp³-hybridized carbons (Fsp3) is 0.667. The Bertz CT molecular complexity index is 923. The zero-order valence-corrected chi connectivity index (χ0v) is 17.1. The van der Waals surface area contributed by atoms with Crippen LogP contribution in [0.2, 0.25) is 0 Å². The lowest BCUT2D eigenvalue weighted by Crippen LogP contribution is -2.34. The number of nitrogens with one attached hydrogen (secondary N) is 1. The second kappa shape index (κ2) is 6.87. The third-order valence-electron chi connectivity index (χ3n) is 4.61. The van der Waals surface area contributed by atoms with Crippen LogP contribution in [0.15, 0.2) is 12.7 Å². The molecular weight excluding hydrogens is 380 g/mol. The maximum absolute atomic E-state index is 12.1. The largest absolute Gasteiger partial charge is 0.444 e. The minimum absolute atomic E-state index is 0.247. The Kier molecular flexibility index (Phi) is 4.73. The number of rotatable bonds is 3. The summed E-state index contributed by atoms with van der Waals surface area (Å²) < 4.78 is 25.1. The van der Waals surface area contributed by atoms with Crippen molar-refractivity contribution < 1.29 is 23.7 Å². The van der Waals surface area contributed by atoms with Gasteiger partial charge in [0, 0.05) is 6.54 Å². The molecule has 2 fully saturated rings. The molecule has 2 aliphatic rings. The van der Waals surface area contributed by atoms with Gasteiger partial charge in [-0.15, -0.1) is 0 Å². The summed E-state index contributed by atoms with van der Waals surface area (Å²) in [4.78, 5) is 24.9. The molecule has 11 heteroatoms. The van der Waals surface area contributed by atoms with Crippen molar-refractivity contribution in [2.45, 2.75) is 70.5 Å². The summed E-state index contributed by atoms with van der Waals surface area (Å²) in [6.07, 6.45) is 0.800. The molecule has 0 radical (unpaired) electrons. The van der Waals surface area contributed by atoms with Crippen molar-refractivity contribution in [3.63, 3.8) is 0 Å². The molecule has 0 bridgehead atoms. The number of ether oxygens (including phenoxy) is 4. The number of fused-ring (bicyclic) bond motifs is 2. The van der Waals surface area contributed by atoms with Gasteiger partial charge in [-0.1, -0.05) is 0 Å². The highest BCUT2D eigenvalue weighted by atomic mass is 16.8. The molecular formula is C18H26N6O5. The number of carbonyl (C=O) groups excluding carboxylic acids is 1. The summed E-state index contributed by atoms with van der Waals surface area (Å²) in [5, 5.41) is 2.62. The summed E-state index contributed by atoms with van der Waals surface area (Å²) in [5.41, 5.74) is 6.13. The number of hydrogen-bond acceptors (Lipinski definition) is 9. The predicted octanol–water partition coefficient (Wildman–Crippen LogP) is 1.55. The maximum Gasteiger partial charge on any atom is 0.413 e. The van der Waals surface area contributed by atoms with Gasteiger partial charge in [-0.2, -0.15) is 0 Å². The first-order valence-electron chi connectivity index (χ1n) is 9.47. The number of carbonyl (C=O) groups is 1. The first-order valence-corrected chi connectivity index (χ1v) is 9.47. The minimum atomic E-state index is -0.737. The second-order valence-corrected chi connectivity index (χ2v) is 8.54. The van der Waals surface area contributed by atoms with E-state index in [1.807, 2.05) is 13.8 Å². The molecule has 2 saturated heterocycles. The molecule has 2 aliphatic heterocycles. The van der Waals surface area contributed by atoms with Gasteiger partial charge in [0.05, 0.1) is 6.33 Å². The van der Waals surface area contributed by atoms with Crippen LogP contribution in [0.5, 0.6) is 0 Å². The Hall–Kier alpha value is -2.34. The van der Waals surface area contributed by atoms with Gasteiger partial charge in [-0.3, -0.25) is 9.88 Å². The smallest absolute Gasteiger partial charge is 0.413 e. The fourth-order valence-electron chi connectivity index (χ4n) is 3.60. The van der Waals surface area contributed by atoms with E-state index >= 15 is 0 Å². The predicted molar refractivity (Wildman–Crippen MR) is 102 cm³/mol. The minimum Gasteiger partial charge on any atom is -0.444 e. The number of aromatic nitrogens is 4. The number of anilines is 1. The maximum atomic E-state index is 12.1. The van der Waals surface area contributed by atoms with Crippen LogP contribution in [-0.4, -0.2) is 61.9 Å². The Morgan fingerprint density at radius 1 is 1.28 bits per heavy atom. The molecule has 4 heterocycles. The topological polar surface area (TPSA) is 136 Å². The molecule has 2 unspecified atom stereocenters. The highest BCUT2D eigenvalue weighted by Crippen LogP contribution is 2.43. The molecule has 0 saturated carbocycles. The van der Waals surface area contributed by atoms with Crippen molar-refractivity contribution in [3.8, 4) is 0 Å². The van der Waals surface area contributed by atoms with Crippen molar-refractivity contribution in [2.24, 2.45) is 5.73 Å². The molecule has 0 aliphatic carbocycles. The van der Waals surface area contributed by atoms with Gasteiger partial charge >= 0.3 is 6.09 Å². The summed E-state index contributed by atoms with van der Waals surface area (Å²) in [7, 11) is 0. The monoisotopic (exact) mass is 406 g/mol. The van der Waals surface area contributed by atoms with Crippen LogP contribution in [0.1, 0.15) is 40.8 Å². The number of amides is 1. The van der Waals surface area contributed by atoms with Gasteiger partial charge in [0.15, 0.2) is 29.0 Å². The van der Waals surface area contributed by atoms with Crippen LogP contribution < -0.4 is 11.1 Å². The Balaban J connectivity index is 1.64. The van der Waals surface area contributed by atoms with Crippen LogP contribution in [0.25, 0.3) is 11.2 Å². The summed E-state index contributed by atoms with van der Waals surface area (Å²) >= 11 is 0. The number of hydrogen-bond donors (Lipinski definition) is 2. The van der Waals surface area contributed by atoms with E-state index in [9.17, 15) is 4.79 Å². The van der Waals surface area contributed by atoms with Crippen molar-refractivity contribution in [2.75, 3.05) is 11.9 Å². The molecule has 4 rings (SSSR count). The lowest BCUT2D eigenvalue weighted by molar-refractivity contribution is -0.195. The van der Waals surface area contributed by atoms with E-state index in [1.54, 1.807) is 31.7 Å². The van der Waals surface area contributed by atoms with E-state index in [0.717, 1.165) is 0 Å². The molecule has 3 N–H and O–H groups in total. The quantitative estimate of drug-likeness (QED) is 0.778. The van der Waals surface area contributed by atoms with E-state index in [-0.39, 0.29) is 24.1 Å². The lowest BCUT2D eigenvalue weighted by atomic mass is 10.1. The Morgan fingerprint density at radius 3 is 2.69 bits per heavy atom. The van der Waals surface area contributed by atoms with Crippen LogP contribution >= 0.6 is 0 Å². The van der Waals surface area contributed by atoms with E-state index in [1.165, 1.54) is 6.33 Å². The summed E-state index contributed by atoms with van der Waals surface area (Å²) in [6.45, 7) is 9.35. The van der Waals surface area contributed by atoms with Crippen molar-refractivity contribution in [1.29, 1.82) is 0 Å². The molecule has 2 aromatic rings. The average molecular weight is 406 g/mol. The van der Waals surface area contributed by atoms with E-state index < -0.39 is 23.7 Å². The molecule has 4 atom stereocenters. The van der Waals surface area contributed by atoms with Crippen LogP contribution in [0.3, 0.4) is 0 Å². The van der Waals surface area contributed by atoms with Crippen LogP contribution in [-0.2, 0) is 18.9 Å².